The average Bonchev–Trinajstić information content (AvgIpc) is 2.45. The van der Waals surface area contributed by atoms with Crippen LogP contribution in [-0.2, 0) is 11.3 Å². The molecule has 1 amide bonds. The molecule has 1 aromatic carbocycles. The fourth-order valence-electron chi connectivity index (χ4n) is 1.90. The number of aryl methyl sites for hydroxylation is 1. The van der Waals surface area contributed by atoms with Crippen molar-refractivity contribution in [1.29, 1.82) is 0 Å². The first kappa shape index (κ1) is 16.8. The van der Waals surface area contributed by atoms with Crippen LogP contribution in [0.15, 0.2) is 42.5 Å². The normalized spacial score (nSPS) is 11.0. The van der Waals surface area contributed by atoms with E-state index in [4.69, 9.17) is 9.47 Å². The van der Waals surface area contributed by atoms with Crippen LogP contribution in [0.2, 0.25) is 0 Å². The SMILES string of the molecule is Cc1nc(Oc2ccccc2)ccc1CNC(=O)OC(C)(C)C. The largest absolute Gasteiger partial charge is 0.444 e. The van der Waals surface area contributed by atoms with Gasteiger partial charge in [0.2, 0.25) is 5.88 Å². The number of carbonyl (C=O) groups excluding carboxylic acids is 1. The van der Waals surface area contributed by atoms with E-state index in [0.29, 0.717) is 12.4 Å². The monoisotopic (exact) mass is 314 g/mol. The third-order valence-corrected chi connectivity index (χ3v) is 2.96. The Hall–Kier alpha value is -2.56. The Kier molecular flexibility index (Phi) is 5.21. The van der Waals surface area contributed by atoms with E-state index in [-0.39, 0.29) is 0 Å². The van der Waals surface area contributed by atoms with Gasteiger partial charge in [0.1, 0.15) is 11.4 Å². The topological polar surface area (TPSA) is 60.5 Å². The lowest BCUT2D eigenvalue weighted by atomic mass is 10.2. The van der Waals surface area contributed by atoms with Crippen molar-refractivity contribution in [3.05, 3.63) is 53.7 Å². The Morgan fingerprint density at radius 1 is 1.13 bits per heavy atom. The third-order valence-electron chi connectivity index (χ3n) is 2.96. The van der Waals surface area contributed by atoms with E-state index in [1.54, 1.807) is 6.07 Å². The zero-order valence-corrected chi connectivity index (χ0v) is 13.9. The average molecular weight is 314 g/mol. The molecule has 1 N–H and O–H groups in total. The van der Waals surface area contributed by atoms with Crippen LogP contribution >= 0.6 is 0 Å². The highest BCUT2D eigenvalue weighted by atomic mass is 16.6. The minimum Gasteiger partial charge on any atom is -0.444 e. The van der Waals surface area contributed by atoms with Gasteiger partial charge in [0.15, 0.2) is 0 Å². The summed E-state index contributed by atoms with van der Waals surface area (Å²) in [6.45, 7) is 7.72. The fourth-order valence-corrected chi connectivity index (χ4v) is 1.90. The molecule has 0 fully saturated rings. The van der Waals surface area contributed by atoms with Crippen molar-refractivity contribution in [1.82, 2.24) is 10.3 Å². The number of nitrogens with one attached hydrogen (secondary N) is 1. The number of amides is 1. The molecule has 0 aliphatic rings. The van der Waals surface area contributed by atoms with E-state index >= 15 is 0 Å². The molecule has 5 nitrogen and oxygen atoms in total. The number of aromatic nitrogens is 1. The summed E-state index contributed by atoms with van der Waals surface area (Å²) in [5.41, 5.74) is 1.20. The van der Waals surface area contributed by atoms with Gasteiger partial charge in [0.05, 0.1) is 0 Å². The number of alkyl carbamates (subject to hydrolysis) is 1. The maximum atomic E-state index is 11.7. The van der Waals surface area contributed by atoms with E-state index in [1.807, 2.05) is 64.1 Å². The molecule has 0 saturated heterocycles. The molecular formula is C18H22N2O3. The third kappa shape index (κ3) is 5.62. The van der Waals surface area contributed by atoms with Crippen LogP contribution in [0.1, 0.15) is 32.0 Å². The van der Waals surface area contributed by atoms with Crippen LogP contribution in [0.3, 0.4) is 0 Å². The molecule has 0 aliphatic carbocycles. The number of nitrogens with zero attached hydrogens (tertiary/aromatic N) is 1. The first-order valence-electron chi connectivity index (χ1n) is 7.50. The molecule has 2 rings (SSSR count). The molecule has 2 aromatic rings. The van der Waals surface area contributed by atoms with Crippen molar-refractivity contribution in [3.8, 4) is 11.6 Å². The summed E-state index contributed by atoms with van der Waals surface area (Å²) < 4.78 is 10.9. The lowest BCUT2D eigenvalue weighted by Crippen LogP contribution is -2.32. The van der Waals surface area contributed by atoms with Crippen molar-refractivity contribution in [2.75, 3.05) is 0 Å². The second-order valence-corrected chi connectivity index (χ2v) is 6.16. The number of carbonyl (C=O) groups is 1. The van der Waals surface area contributed by atoms with E-state index in [9.17, 15) is 4.79 Å². The van der Waals surface area contributed by atoms with E-state index in [0.717, 1.165) is 17.0 Å². The molecule has 23 heavy (non-hydrogen) atoms. The molecule has 0 unspecified atom stereocenters. The lowest BCUT2D eigenvalue weighted by molar-refractivity contribution is 0.0523. The van der Waals surface area contributed by atoms with Gasteiger partial charge in [-0.15, -0.1) is 0 Å². The van der Waals surface area contributed by atoms with Crippen molar-refractivity contribution in [3.63, 3.8) is 0 Å². The van der Waals surface area contributed by atoms with Crippen molar-refractivity contribution in [2.45, 2.75) is 39.8 Å². The standard InChI is InChI=1S/C18H22N2O3/c1-13-14(12-19-17(21)23-18(2,3)4)10-11-16(20-13)22-15-8-6-5-7-9-15/h5-11H,12H2,1-4H3,(H,19,21). The molecule has 1 aromatic heterocycles. The predicted molar refractivity (Wildman–Crippen MR) is 88.6 cm³/mol. The Labute approximate surface area is 136 Å². The van der Waals surface area contributed by atoms with Crippen LogP contribution in [0.4, 0.5) is 4.79 Å². The first-order valence-corrected chi connectivity index (χ1v) is 7.50. The van der Waals surface area contributed by atoms with Gasteiger partial charge in [0.25, 0.3) is 0 Å². The number of rotatable bonds is 4. The fraction of sp³-hybridized carbons (Fsp3) is 0.333. The summed E-state index contributed by atoms with van der Waals surface area (Å²) in [6.07, 6.45) is -0.443. The summed E-state index contributed by atoms with van der Waals surface area (Å²) in [4.78, 5) is 16.1. The van der Waals surface area contributed by atoms with Gasteiger partial charge in [-0.1, -0.05) is 24.3 Å². The molecule has 122 valence electrons. The van der Waals surface area contributed by atoms with E-state index in [1.165, 1.54) is 0 Å². The minimum absolute atomic E-state index is 0.360. The van der Waals surface area contributed by atoms with Crippen LogP contribution in [0, 0.1) is 6.92 Å². The van der Waals surface area contributed by atoms with E-state index in [2.05, 4.69) is 10.3 Å². The van der Waals surface area contributed by atoms with Crippen LogP contribution in [-0.4, -0.2) is 16.7 Å². The number of hydrogen-bond donors (Lipinski definition) is 1. The number of para-hydroxylation sites is 1. The zero-order valence-electron chi connectivity index (χ0n) is 13.9. The molecule has 0 saturated carbocycles. The Bertz CT molecular complexity index is 664. The lowest BCUT2D eigenvalue weighted by Gasteiger charge is -2.19. The Balaban J connectivity index is 1.96. The Morgan fingerprint density at radius 2 is 1.83 bits per heavy atom. The highest BCUT2D eigenvalue weighted by Gasteiger charge is 2.16. The maximum Gasteiger partial charge on any atom is 0.407 e. The summed E-state index contributed by atoms with van der Waals surface area (Å²) in [7, 11) is 0. The molecule has 0 aliphatic heterocycles. The predicted octanol–water partition coefficient (Wildman–Crippen LogP) is 4.21. The number of pyridine rings is 1. The molecule has 0 spiro atoms. The molecule has 0 radical (unpaired) electrons. The van der Waals surface area contributed by atoms with Gasteiger partial charge in [-0.3, -0.25) is 0 Å². The quantitative estimate of drug-likeness (QED) is 0.918. The number of ether oxygens (including phenoxy) is 2. The van der Waals surface area contributed by atoms with E-state index < -0.39 is 11.7 Å². The van der Waals surface area contributed by atoms with Crippen LogP contribution in [0.25, 0.3) is 0 Å². The maximum absolute atomic E-state index is 11.7. The van der Waals surface area contributed by atoms with Gasteiger partial charge in [-0.05, 0) is 45.4 Å². The summed E-state index contributed by atoms with van der Waals surface area (Å²) in [5.74, 6) is 1.26. The summed E-state index contributed by atoms with van der Waals surface area (Å²) in [6, 6.07) is 13.1. The molecular weight excluding hydrogens is 292 g/mol. The minimum atomic E-state index is -0.509. The summed E-state index contributed by atoms with van der Waals surface area (Å²) >= 11 is 0. The van der Waals surface area contributed by atoms with Crippen LogP contribution in [0.5, 0.6) is 11.6 Å². The summed E-state index contributed by atoms with van der Waals surface area (Å²) in [5, 5.41) is 2.72. The van der Waals surface area contributed by atoms with Gasteiger partial charge < -0.3 is 14.8 Å². The van der Waals surface area contributed by atoms with Gasteiger partial charge >= 0.3 is 6.09 Å². The number of hydrogen-bond acceptors (Lipinski definition) is 4. The number of benzene rings is 1. The van der Waals surface area contributed by atoms with Crippen molar-refractivity contribution in [2.24, 2.45) is 0 Å². The van der Waals surface area contributed by atoms with Crippen molar-refractivity contribution < 1.29 is 14.3 Å². The second-order valence-electron chi connectivity index (χ2n) is 6.16. The van der Waals surface area contributed by atoms with Gasteiger partial charge in [0, 0.05) is 18.3 Å². The molecule has 1 heterocycles. The highest BCUT2D eigenvalue weighted by molar-refractivity contribution is 5.67. The molecule has 0 bridgehead atoms. The van der Waals surface area contributed by atoms with Crippen molar-refractivity contribution >= 4 is 6.09 Å². The zero-order chi connectivity index (χ0) is 16.9. The first-order chi connectivity index (χ1) is 10.8. The van der Waals surface area contributed by atoms with Gasteiger partial charge in [-0.2, -0.15) is 0 Å². The second kappa shape index (κ2) is 7.13. The smallest absolute Gasteiger partial charge is 0.407 e. The van der Waals surface area contributed by atoms with Crippen LogP contribution < -0.4 is 10.1 Å². The highest BCUT2D eigenvalue weighted by Crippen LogP contribution is 2.20. The molecule has 5 heteroatoms. The molecule has 0 atom stereocenters. The van der Waals surface area contributed by atoms with Gasteiger partial charge in [-0.25, -0.2) is 9.78 Å². The Morgan fingerprint density at radius 3 is 2.43 bits per heavy atom.